The van der Waals surface area contributed by atoms with E-state index in [-0.39, 0.29) is 11.6 Å². The maximum absolute atomic E-state index is 6.02. The van der Waals surface area contributed by atoms with Gasteiger partial charge in [-0.1, -0.05) is 19.8 Å². The Morgan fingerprint density at radius 3 is 2.80 bits per heavy atom. The van der Waals surface area contributed by atoms with E-state index in [0.717, 1.165) is 24.3 Å². The Bertz CT molecular complexity index is 446. The highest BCUT2D eigenvalue weighted by molar-refractivity contribution is 5.30. The Labute approximate surface area is 121 Å². The summed E-state index contributed by atoms with van der Waals surface area (Å²) < 4.78 is 13.4. The molecule has 0 amide bonds. The molecular weight excluding hydrogens is 254 g/mol. The van der Waals surface area contributed by atoms with E-state index >= 15 is 0 Å². The standard InChI is InChI=1S/C15H27N3O2/c1-11-7-6-8-15(9-11,20-5)14(16-2)13-12(19-4)10-17-18(13)3/h10-11,14,16H,6-9H2,1-5H3. The van der Waals surface area contributed by atoms with Crippen LogP contribution in [0.1, 0.15) is 44.3 Å². The summed E-state index contributed by atoms with van der Waals surface area (Å²) in [5, 5.41) is 7.77. The van der Waals surface area contributed by atoms with Gasteiger partial charge in [-0.25, -0.2) is 0 Å². The number of rotatable bonds is 5. The molecule has 1 N–H and O–H groups in total. The molecule has 114 valence electrons. The van der Waals surface area contributed by atoms with Crippen LogP contribution in [0.5, 0.6) is 5.75 Å². The van der Waals surface area contributed by atoms with Crippen molar-refractivity contribution < 1.29 is 9.47 Å². The molecule has 20 heavy (non-hydrogen) atoms. The van der Waals surface area contributed by atoms with E-state index in [4.69, 9.17) is 9.47 Å². The highest BCUT2D eigenvalue weighted by atomic mass is 16.5. The molecule has 1 aliphatic rings. The number of nitrogens with one attached hydrogen (secondary N) is 1. The molecule has 1 heterocycles. The minimum Gasteiger partial charge on any atom is -0.493 e. The lowest BCUT2D eigenvalue weighted by Gasteiger charge is -2.44. The lowest BCUT2D eigenvalue weighted by molar-refractivity contribution is -0.0810. The molecule has 1 aromatic heterocycles. The zero-order valence-electron chi connectivity index (χ0n) is 13.3. The average Bonchev–Trinajstić information content (AvgIpc) is 2.81. The van der Waals surface area contributed by atoms with Crippen molar-refractivity contribution >= 4 is 0 Å². The van der Waals surface area contributed by atoms with E-state index in [0.29, 0.717) is 5.92 Å². The van der Waals surface area contributed by atoms with E-state index in [1.807, 2.05) is 25.9 Å². The van der Waals surface area contributed by atoms with E-state index in [2.05, 4.69) is 17.3 Å². The Kier molecular flexibility index (Phi) is 4.70. The first-order valence-electron chi connectivity index (χ1n) is 7.36. The zero-order valence-corrected chi connectivity index (χ0v) is 13.3. The third-order valence-electron chi connectivity index (χ3n) is 4.65. The van der Waals surface area contributed by atoms with Crippen LogP contribution in [0.3, 0.4) is 0 Å². The fourth-order valence-electron chi connectivity index (χ4n) is 3.67. The van der Waals surface area contributed by atoms with Crippen molar-refractivity contribution in [1.29, 1.82) is 0 Å². The molecule has 0 saturated heterocycles. The van der Waals surface area contributed by atoms with Crippen molar-refractivity contribution in [3.63, 3.8) is 0 Å². The summed E-state index contributed by atoms with van der Waals surface area (Å²) in [7, 11) is 7.45. The van der Waals surface area contributed by atoms with Crippen LogP contribution in [-0.4, -0.2) is 36.6 Å². The summed E-state index contributed by atoms with van der Waals surface area (Å²) in [6.07, 6.45) is 6.38. The van der Waals surface area contributed by atoms with Gasteiger partial charge in [0.2, 0.25) is 0 Å². The monoisotopic (exact) mass is 281 g/mol. The molecule has 5 heteroatoms. The summed E-state index contributed by atoms with van der Waals surface area (Å²) in [5.41, 5.74) is 0.874. The first-order chi connectivity index (χ1) is 9.57. The summed E-state index contributed by atoms with van der Waals surface area (Å²) in [4.78, 5) is 0. The number of likely N-dealkylation sites (N-methyl/N-ethyl adjacent to an activating group) is 1. The highest BCUT2D eigenvalue weighted by Crippen LogP contribution is 2.44. The second-order valence-electron chi connectivity index (χ2n) is 5.91. The molecule has 2 rings (SSSR count). The normalized spacial score (nSPS) is 28.4. The Morgan fingerprint density at radius 1 is 1.50 bits per heavy atom. The Morgan fingerprint density at radius 2 is 2.25 bits per heavy atom. The van der Waals surface area contributed by atoms with Gasteiger partial charge in [-0.05, 0) is 25.8 Å². The van der Waals surface area contributed by atoms with E-state index in [9.17, 15) is 0 Å². The summed E-state index contributed by atoms with van der Waals surface area (Å²) in [5.74, 6) is 1.50. The summed E-state index contributed by atoms with van der Waals surface area (Å²) >= 11 is 0. The number of nitrogens with zero attached hydrogens (tertiary/aromatic N) is 2. The second-order valence-corrected chi connectivity index (χ2v) is 5.91. The van der Waals surface area contributed by atoms with Crippen molar-refractivity contribution in [2.45, 2.75) is 44.2 Å². The molecule has 1 aliphatic carbocycles. The molecule has 0 radical (unpaired) electrons. The lowest BCUT2D eigenvalue weighted by atomic mass is 9.73. The number of hydrogen-bond donors (Lipinski definition) is 1. The number of methoxy groups -OCH3 is 2. The van der Waals surface area contributed by atoms with E-state index < -0.39 is 0 Å². The largest absolute Gasteiger partial charge is 0.493 e. The van der Waals surface area contributed by atoms with Crippen LogP contribution in [0.25, 0.3) is 0 Å². The summed E-state index contributed by atoms with van der Waals surface area (Å²) in [6, 6.07) is 0.0812. The Balaban J connectivity index is 2.41. The third-order valence-corrected chi connectivity index (χ3v) is 4.65. The molecule has 3 unspecified atom stereocenters. The van der Waals surface area contributed by atoms with Crippen LogP contribution in [0.2, 0.25) is 0 Å². The molecule has 5 nitrogen and oxygen atoms in total. The molecule has 1 saturated carbocycles. The van der Waals surface area contributed by atoms with E-state index in [1.54, 1.807) is 13.3 Å². The molecule has 3 atom stereocenters. The van der Waals surface area contributed by atoms with Crippen molar-refractivity contribution in [3.05, 3.63) is 11.9 Å². The molecule has 0 bridgehead atoms. The van der Waals surface area contributed by atoms with Crippen molar-refractivity contribution in [1.82, 2.24) is 15.1 Å². The molecule has 0 spiro atoms. The topological polar surface area (TPSA) is 48.3 Å². The van der Waals surface area contributed by atoms with Gasteiger partial charge in [0.15, 0.2) is 5.75 Å². The van der Waals surface area contributed by atoms with Gasteiger partial charge < -0.3 is 14.8 Å². The SMILES string of the molecule is CNC(c1c(OC)cnn1C)C1(OC)CCCC(C)C1. The van der Waals surface area contributed by atoms with Crippen LogP contribution in [0.15, 0.2) is 6.20 Å². The molecular formula is C15H27N3O2. The van der Waals surface area contributed by atoms with Crippen LogP contribution in [0.4, 0.5) is 0 Å². The van der Waals surface area contributed by atoms with Crippen molar-refractivity contribution in [2.24, 2.45) is 13.0 Å². The average molecular weight is 281 g/mol. The predicted octanol–water partition coefficient (Wildman–Crippen LogP) is 2.28. The maximum atomic E-state index is 6.02. The quantitative estimate of drug-likeness (QED) is 0.899. The molecule has 1 fully saturated rings. The number of ether oxygens (including phenoxy) is 2. The van der Waals surface area contributed by atoms with Crippen molar-refractivity contribution in [2.75, 3.05) is 21.3 Å². The third kappa shape index (κ3) is 2.56. The second kappa shape index (κ2) is 6.14. The first kappa shape index (κ1) is 15.3. The van der Waals surface area contributed by atoms with Crippen molar-refractivity contribution in [3.8, 4) is 5.75 Å². The first-order valence-corrected chi connectivity index (χ1v) is 7.36. The smallest absolute Gasteiger partial charge is 0.161 e. The predicted molar refractivity (Wildman–Crippen MR) is 78.9 cm³/mol. The molecule has 1 aromatic rings. The zero-order chi connectivity index (χ0) is 14.8. The van der Waals surface area contributed by atoms with Gasteiger partial charge in [0.1, 0.15) is 0 Å². The minimum absolute atomic E-state index is 0.0812. The van der Waals surface area contributed by atoms with Gasteiger partial charge >= 0.3 is 0 Å². The van der Waals surface area contributed by atoms with Crippen LogP contribution in [0, 0.1) is 5.92 Å². The minimum atomic E-state index is -0.187. The highest BCUT2D eigenvalue weighted by Gasteiger charge is 2.44. The van der Waals surface area contributed by atoms with Gasteiger partial charge in [0.05, 0.1) is 30.6 Å². The van der Waals surface area contributed by atoms with Gasteiger partial charge in [-0.3, -0.25) is 4.68 Å². The van der Waals surface area contributed by atoms with Gasteiger partial charge in [-0.2, -0.15) is 5.10 Å². The van der Waals surface area contributed by atoms with Gasteiger partial charge in [-0.15, -0.1) is 0 Å². The number of hydrogen-bond acceptors (Lipinski definition) is 4. The summed E-state index contributed by atoms with van der Waals surface area (Å²) in [6.45, 7) is 2.31. The van der Waals surface area contributed by atoms with Gasteiger partial charge in [0, 0.05) is 14.2 Å². The fraction of sp³-hybridized carbons (Fsp3) is 0.800. The lowest BCUT2D eigenvalue weighted by Crippen LogP contribution is -2.48. The van der Waals surface area contributed by atoms with E-state index in [1.165, 1.54) is 12.8 Å². The van der Waals surface area contributed by atoms with Crippen LogP contribution < -0.4 is 10.1 Å². The number of aryl methyl sites for hydroxylation is 1. The van der Waals surface area contributed by atoms with Crippen LogP contribution in [-0.2, 0) is 11.8 Å². The Hall–Kier alpha value is -1.07. The fourth-order valence-corrected chi connectivity index (χ4v) is 3.67. The molecule has 0 aliphatic heterocycles. The maximum Gasteiger partial charge on any atom is 0.161 e. The van der Waals surface area contributed by atoms with Crippen LogP contribution >= 0.6 is 0 Å². The number of aromatic nitrogens is 2. The van der Waals surface area contributed by atoms with Gasteiger partial charge in [0.25, 0.3) is 0 Å². The molecule has 0 aromatic carbocycles.